The van der Waals surface area contributed by atoms with Crippen molar-refractivity contribution in [3.8, 4) is 0 Å². The Morgan fingerprint density at radius 3 is 2.66 bits per heavy atom. The van der Waals surface area contributed by atoms with Gasteiger partial charge in [0, 0.05) is 16.4 Å². The van der Waals surface area contributed by atoms with Crippen LogP contribution < -0.4 is 16.4 Å². The highest BCUT2D eigenvalue weighted by Gasteiger charge is 2.45. The van der Waals surface area contributed by atoms with Crippen LogP contribution in [0.15, 0.2) is 45.7 Å². The van der Waals surface area contributed by atoms with Crippen molar-refractivity contribution in [3.63, 3.8) is 0 Å². The Morgan fingerprint density at radius 1 is 0.969 bits per heavy atom. The van der Waals surface area contributed by atoms with Crippen LogP contribution in [0.4, 0.5) is 5.69 Å². The quantitative estimate of drug-likeness (QED) is 0.675. The minimum absolute atomic E-state index is 0.0940. The van der Waals surface area contributed by atoms with Gasteiger partial charge < -0.3 is 16.2 Å². The number of hydrogen-bond donors (Lipinski definition) is 2. The first-order valence-electron chi connectivity index (χ1n) is 12.0. The lowest BCUT2D eigenvalue weighted by Gasteiger charge is -2.47. The third-order valence-electron chi connectivity index (χ3n) is 7.67. The van der Waals surface area contributed by atoms with Crippen molar-refractivity contribution >= 4 is 28.9 Å². The molecule has 168 valence electrons. The molecule has 6 nitrogen and oxygen atoms in total. The van der Waals surface area contributed by atoms with E-state index in [2.05, 4.69) is 45.6 Å². The molecule has 3 heterocycles. The predicted octanol–water partition coefficient (Wildman–Crippen LogP) is 5.00. The molecular weight excluding hydrogens is 418 g/mol. The highest BCUT2D eigenvalue weighted by Crippen LogP contribution is 2.51. The smallest absolute Gasteiger partial charge is 0.220 e. The largest absolute Gasteiger partial charge is 0.369 e. The summed E-state index contributed by atoms with van der Waals surface area (Å²) in [5.41, 5.74) is 15.7. The fourth-order valence-electron chi connectivity index (χ4n) is 6.28. The van der Waals surface area contributed by atoms with Crippen LogP contribution in [0.3, 0.4) is 0 Å². The van der Waals surface area contributed by atoms with E-state index in [1.165, 1.54) is 36.1 Å². The Bertz CT molecular complexity index is 1070. The number of aliphatic imine (C=N–C) groups is 2. The summed E-state index contributed by atoms with van der Waals surface area (Å²) in [7, 11) is 0. The standard InChI is InChI=1S/C25H31N5OS/c26-23-28-24(27)30(25(29-23)13-6-1-7-14-25)19-10-4-2-8-16(19)21-18-12-15-32-22(18)17-9-3-5-11-20(17)31-21/h2,4,8,10,12,15,17,20-21H,1,3,5-7,9,11,13-14H2,(H4,26,27,28,29). The molecule has 2 aromatic rings. The maximum absolute atomic E-state index is 6.86. The molecule has 2 saturated carbocycles. The molecule has 2 fully saturated rings. The number of thiophene rings is 1. The van der Waals surface area contributed by atoms with Crippen LogP contribution in [-0.4, -0.2) is 23.7 Å². The second-order valence-corrected chi connectivity index (χ2v) is 10.5. The van der Waals surface area contributed by atoms with Gasteiger partial charge in [0.1, 0.15) is 11.8 Å². The fraction of sp³-hybridized carbons (Fsp3) is 0.520. The van der Waals surface area contributed by atoms with Crippen LogP contribution >= 0.6 is 11.3 Å². The van der Waals surface area contributed by atoms with Crippen LogP contribution in [-0.2, 0) is 4.74 Å². The highest BCUT2D eigenvalue weighted by atomic mass is 32.1. The molecule has 1 aromatic heterocycles. The van der Waals surface area contributed by atoms with Gasteiger partial charge in [-0.05, 0) is 61.6 Å². The zero-order valence-corrected chi connectivity index (χ0v) is 19.2. The topological polar surface area (TPSA) is 89.2 Å². The van der Waals surface area contributed by atoms with Gasteiger partial charge in [-0.2, -0.15) is 4.99 Å². The third-order valence-corrected chi connectivity index (χ3v) is 8.74. The molecule has 0 bridgehead atoms. The van der Waals surface area contributed by atoms with Crippen molar-refractivity contribution in [2.24, 2.45) is 21.5 Å². The molecule has 6 rings (SSSR count). The highest BCUT2D eigenvalue weighted by molar-refractivity contribution is 7.10. The fourth-order valence-corrected chi connectivity index (χ4v) is 7.40. The van der Waals surface area contributed by atoms with E-state index in [4.69, 9.17) is 21.2 Å². The third kappa shape index (κ3) is 3.17. The zero-order valence-electron chi connectivity index (χ0n) is 18.4. The second-order valence-electron chi connectivity index (χ2n) is 9.56. The normalized spacial score (nSPS) is 29.1. The van der Waals surface area contributed by atoms with Crippen molar-refractivity contribution in [3.05, 3.63) is 51.7 Å². The molecule has 1 spiro atoms. The van der Waals surface area contributed by atoms with Crippen molar-refractivity contribution in [2.45, 2.75) is 81.6 Å². The number of nitrogens with two attached hydrogens (primary N) is 2. The maximum Gasteiger partial charge on any atom is 0.220 e. The first-order chi connectivity index (χ1) is 15.7. The minimum atomic E-state index is -0.455. The number of benzene rings is 1. The number of para-hydroxylation sites is 1. The predicted molar refractivity (Wildman–Crippen MR) is 130 cm³/mol. The number of fused-ring (bicyclic) bond motifs is 3. The molecule has 1 aromatic carbocycles. The van der Waals surface area contributed by atoms with E-state index >= 15 is 0 Å². The van der Waals surface area contributed by atoms with E-state index < -0.39 is 5.66 Å². The SMILES string of the molecule is NC1=NC2(CCCCC2)N(c2ccccc2C2OC3CCCCC3c3sccc32)C(N)=N1. The summed E-state index contributed by atoms with van der Waals surface area (Å²) in [4.78, 5) is 12.9. The summed E-state index contributed by atoms with van der Waals surface area (Å²) in [6.07, 6.45) is 10.4. The lowest BCUT2D eigenvalue weighted by Crippen LogP contribution is -2.58. The van der Waals surface area contributed by atoms with E-state index in [-0.39, 0.29) is 18.2 Å². The number of ether oxygens (including phenoxy) is 1. The Kier molecular flexibility index (Phi) is 4.99. The Balaban J connectivity index is 1.47. The number of guanidine groups is 2. The van der Waals surface area contributed by atoms with Gasteiger partial charge in [0.05, 0.1) is 11.8 Å². The molecule has 0 amide bonds. The Hall–Kier alpha value is -2.38. The molecule has 0 saturated heterocycles. The molecular formula is C25H31N5OS. The molecule has 4 N–H and O–H groups in total. The van der Waals surface area contributed by atoms with Crippen LogP contribution in [0.5, 0.6) is 0 Å². The lowest BCUT2D eigenvalue weighted by molar-refractivity contribution is -0.0372. The molecule has 3 atom stereocenters. The van der Waals surface area contributed by atoms with E-state index in [9.17, 15) is 0 Å². The van der Waals surface area contributed by atoms with Crippen molar-refractivity contribution < 1.29 is 4.74 Å². The van der Waals surface area contributed by atoms with Gasteiger partial charge in [0.2, 0.25) is 11.9 Å². The Morgan fingerprint density at radius 2 is 1.78 bits per heavy atom. The molecule has 2 aliphatic heterocycles. The van der Waals surface area contributed by atoms with Gasteiger partial charge in [-0.1, -0.05) is 37.5 Å². The first-order valence-corrected chi connectivity index (χ1v) is 12.9. The summed E-state index contributed by atoms with van der Waals surface area (Å²) >= 11 is 1.89. The number of hydrogen-bond acceptors (Lipinski definition) is 7. The van der Waals surface area contributed by atoms with E-state index in [0.29, 0.717) is 11.9 Å². The second kappa shape index (κ2) is 7.89. The van der Waals surface area contributed by atoms with Crippen LogP contribution in [0.2, 0.25) is 0 Å². The molecule has 3 unspecified atom stereocenters. The average molecular weight is 450 g/mol. The molecule has 32 heavy (non-hydrogen) atoms. The van der Waals surface area contributed by atoms with Gasteiger partial charge in [-0.25, -0.2) is 4.99 Å². The summed E-state index contributed by atoms with van der Waals surface area (Å²) in [6.45, 7) is 0. The van der Waals surface area contributed by atoms with E-state index in [1.54, 1.807) is 0 Å². The molecule has 0 radical (unpaired) electrons. The van der Waals surface area contributed by atoms with Crippen LogP contribution in [0.25, 0.3) is 0 Å². The molecule has 4 aliphatic rings. The zero-order chi connectivity index (χ0) is 21.7. The first kappa shape index (κ1) is 20.2. The van der Waals surface area contributed by atoms with Crippen molar-refractivity contribution in [2.75, 3.05) is 4.90 Å². The van der Waals surface area contributed by atoms with Crippen LogP contribution in [0.1, 0.15) is 85.8 Å². The van der Waals surface area contributed by atoms with E-state index in [1.807, 2.05) is 11.3 Å². The van der Waals surface area contributed by atoms with E-state index in [0.717, 1.165) is 43.4 Å². The average Bonchev–Trinajstić information content (AvgIpc) is 3.29. The summed E-state index contributed by atoms with van der Waals surface area (Å²) in [5, 5.41) is 2.23. The van der Waals surface area contributed by atoms with Crippen LogP contribution in [0, 0.1) is 0 Å². The van der Waals surface area contributed by atoms with Gasteiger partial charge in [0.15, 0.2) is 0 Å². The van der Waals surface area contributed by atoms with Gasteiger partial charge >= 0.3 is 0 Å². The summed E-state index contributed by atoms with van der Waals surface area (Å²) < 4.78 is 6.86. The molecule has 7 heteroatoms. The number of nitrogens with zero attached hydrogens (tertiary/aromatic N) is 3. The monoisotopic (exact) mass is 449 g/mol. The van der Waals surface area contributed by atoms with Gasteiger partial charge in [-0.3, -0.25) is 4.90 Å². The summed E-state index contributed by atoms with van der Waals surface area (Å²) in [5.74, 6) is 1.26. The Labute approximate surface area is 193 Å². The maximum atomic E-state index is 6.86. The number of rotatable bonds is 2. The number of anilines is 1. The van der Waals surface area contributed by atoms with Gasteiger partial charge in [0.25, 0.3) is 0 Å². The minimum Gasteiger partial charge on any atom is -0.369 e. The van der Waals surface area contributed by atoms with Gasteiger partial charge in [-0.15, -0.1) is 11.3 Å². The van der Waals surface area contributed by atoms with Crippen molar-refractivity contribution in [1.29, 1.82) is 0 Å². The summed E-state index contributed by atoms with van der Waals surface area (Å²) in [6, 6.07) is 10.8. The van der Waals surface area contributed by atoms with Crippen molar-refractivity contribution in [1.82, 2.24) is 0 Å². The molecule has 2 aliphatic carbocycles. The lowest BCUT2D eigenvalue weighted by atomic mass is 9.80.